The SMILES string of the molecule is Cc1cc(C(=O)N2CC(CO)OCC2C)c(F)cc1F. The molecule has 110 valence electrons. The summed E-state index contributed by atoms with van der Waals surface area (Å²) in [5.41, 5.74) is 0.0590. The molecule has 6 heteroatoms. The van der Waals surface area contributed by atoms with Crippen molar-refractivity contribution in [2.45, 2.75) is 26.0 Å². The van der Waals surface area contributed by atoms with Gasteiger partial charge >= 0.3 is 0 Å². The molecule has 1 N–H and O–H groups in total. The number of hydrogen-bond acceptors (Lipinski definition) is 3. The molecule has 1 fully saturated rings. The Bertz CT molecular complexity index is 521. The highest BCUT2D eigenvalue weighted by Crippen LogP contribution is 2.20. The molecule has 2 unspecified atom stereocenters. The average molecular weight is 285 g/mol. The molecule has 20 heavy (non-hydrogen) atoms. The Morgan fingerprint density at radius 1 is 1.45 bits per heavy atom. The first kappa shape index (κ1) is 14.9. The van der Waals surface area contributed by atoms with E-state index in [0.29, 0.717) is 0 Å². The Morgan fingerprint density at radius 2 is 2.15 bits per heavy atom. The summed E-state index contributed by atoms with van der Waals surface area (Å²) < 4.78 is 32.3. The molecular formula is C14H17F2NO3. The smallest absolute Gasteiger partial charge is 0.257 e. The van der Waals surface area contributed by atoms with Crippen molar-refractivity contribution >= 4 is 5.91 Å². The number of carbonyl (C=O) groups excluding carboxylic acids is 1. The standard InChI is InChI=1S/C14H17F2NO3/c1-8-3-11(13(16)4-12(8)15)14(19)17-5-10(6-18)20-7-9(17)2/h3-4,9-10,18H,5-7H2,1-2H3. The fourth-order valence-electron chi connectivity index (χ4n) is 2.19. The number of aryl methyl sites for hydroxylation is 1. The molecule has 0 aliphatic carbocycles. The molecule has 2 atom stereocenters. The van der Waals surface area contributed by atoms with Gasteiger partial charge in [-0.05, 0) is 25.5 Å². The van der Waals surface area contributed by atoms with Gasteiger partial charge in [-0.1, -0.05) is 0 Å². The lowest BCUT2D eigenvalue weighted by molar-refractivity contribution is -0.0668. The van der Waals surface area contributed by atoms with Gasteiger partial charge in [0.25, 0.3) is 5.91 Å². The van der Waals surface area contributed by atoms with Crippen molar-refractivity contribution in [3.05, 3.63) is 34.9 Å². The van der Waals surface area contributed by atoms with Crippen LogP contribution in [0.15, 0.2) is 12.1 Å². The molecule has 1 aromatic rings. The summed E-state index contributed by atoms with van der Waals surface area (Å²) >= 11 is 0. The second kappa shape index (κ2) is 5.85. The third-order valence-electron chi connectivity index (χ3n) is 3.45. The highest BCUT2D eigenvalue weighted by atomic mass is 19.1. The molecule has 1 aliphatic rings. The minimum atomic E-state index is -0.877. The van der Waals surface area contributed by atoms with Crippen molar-refractivity contribution in [3.8, 4) is 0 Å². The molecule has 1 heterocycles. The second-order valence-electron chi connectivity index (χ2n) is 5.03. The molecule has 1 saturated heterocycles. The molecule has 0 bridgehead atoms. The van der Waals surface area contributed by atoms with Crippen LogP contribution >= 0.6 is 0 Å². The number of nitrogens with zero attached hydrogens (tertiary/aromatic N) is 1. The molecule has 0 aromatic heterocycles. The number of ether oxygens (including phenoxy) is 1. The Kier molecular flexibility index (Phi) is 4.35. The van der Waals surface area contributed by atoms with Crippen molar-refractivity contribution < 1.29 is 23.4 Å². The van der Waals surface area contributed by atoms with Crippen molar-refractivity contribution in [1.29, 1.82) is 0 Å². The topological polar surface area (TPSA) is 49.8 Å². The van der Waals surface area contributed by atoms with Gasteiger partial charge in [0.05, 0.1) is 30.9 Å². The lowest BCUT2D eigenvalue weighted by Gasteiger charge is -2.37. The number of benzene rings is 1. The first-order valence-corrected chi connectivity index (χ1v) is 6.43. The van der Waals surface area contributed by atoms with Crippen LogP contribution in [0.3, 0.4) is 0 Å². The molecule has 0 spiro atoms. The van der Waals surface area contributed by atoms with E-state index in [0.717, 1.165) is 6.07 Å². The maximum Gasteiger partial charge on any atom is 0.257 e. The van der Waals surface area contributed by atoms with Crippen LogP contribution in [0.4, 0.5) is 8.78 Å². The number of carbonyl (C=O) groups is 1. The lowest BCUT2D eigenvalue weighted by Crippen LogP contribution is -2.52. The van der Waals surface area contributed by atoms with Gasteiger partial charge in [0.1, 0.15) is 11.6 Å². The zero-order valence-corrected chi connectivity index (χ0v) is 11.4. The highest BCUT2D eigenvalue weighted by molar-refractivity contribution is 5.95. The minimum absolute atomic E-state index is 0.158. The van der Waals surface area contributed by atoms with E-state index < -0.39 is 23.6 Å². The highest BCUT2D eigenvalue weighted by Gasteiger charge is 2.31. The van der Waals surface area contributed by atoms with Crippen LogP contribution < -0.4 is 0 Å². The van der Waals surface area contributed by atoms with Crippen molar-refractivity contribution in [2.75, 3.05) is 19.8 Å². The summed E-state index contributed by atoms with van der Waals surface area (Å²) in [6, 6.07) is 1.70. The fraction of sp³-hybridized carbons (Fsp3) is 0.500. The van der Waals surface area contributed by atoms with Crippen molar-refractivity contribution in [1.82, 2.24) is 4.90 Å². The van der Waals surface area contributed by atoms with Crippen LogP contribution in [0, 0.1) is 18.6 Å². The Morgan fingerprint density at radius 3 is 2.80 bits per heavy atom. The van der Waals surface area contributed by atoms with E-state index in [1.807, 2.05) is 0 Å². The van der Waals surface area contributed by atoms with E-state index in [4.69, 9.17) is 9.84 Å². The lowest BCUT2D eigenvalue weighted by atomic mass is 10.1. The fourth-order valence-corrected chi connectivity index (χ4v) is 2.19. The number of aliphatic hydroxyl groups excluding tert-OH is 1. The van der Waals surface area contributed by atoms with Crippen molar-refractivity contribution in [2.24, 2.45) is 0 Å². The van der Waals surface area contributed by atoms with E-state index in [1.165, 1.54) is 17.9 Å². The van der Waals surface area contributed by atoms with Crippen LogP contribution in [-0.2, 0) is 4.74 Å². The minimum Gasteiger partial charge on any atom is -0.394 e. The van der Waals surface area contributed by atoms with Gasteiger partial charge in [-0.3, -0.25) is 4.79 Å². The summed E-state index contributed by atoms with van der Waals surface area (Å²) in [7, 11) is 0. The maximum absolute atomic E-state index is 13.8. The summed E-state index contributed by atoms with van der Waals surface area (Å²) in [5, 5.41) is 9.10. The summed E-state index contributed by atoms with van der Waals surface area (Å²) in [4.78, 5) is 13.8. The molecule has 2 rings (SSSR count). The first-order valence-electron chi connectivity index (χ1n) is 6.43. The molecule has 4 nitrogen and oxygen atoms in total. The van der Waals surface area contributed by atoms with E-state index in [-0.39, 0.29) is 36.9 Å². The van der Waals surface area contributed by atoms with Gasteiger partial charge in [0.15, 0.2) is 0 Å². The van der Waals surface area contributed by atoms with E-state index in [1.54, 1.807) is 6.92 Å². The number of morpholine rings is 1. The molecule has 0 saturated carbocycles. The van der Waals surface area contributed by atoms with Crippen LogP contribution in [-0.4, -0.2) is 47.8 Å². The van der Waals surface area contributed by atoms with Crippen LogP contribution in [0.25, 0.3) is 0 Å². The number of amides is 1. The third kappa shape index (κ3) is 2.81. The summed E-state index contributed by atoms with van der Waals surface area (Å²) in [6.45, 7) is 3.51. The number of hydrogen-bond donors (Lipinski definition) is 1. The van der Waals surface area contributed by atoms with Gasteiger partial charge < -0.3 is 14.7 Å². The van der Waals surface area contributed by atoms with E-state index >= 15 is 0 Å². The van der Waals surface area contributed by atoms with Crippen LogP contribution in [0.1, 0.15) is 22.8 Å². The Balaban J connectivity index is 2.28. The van der Waals surface area contributed by atoms with Gasteiger partial charge in [-0.2, -0.15) is 0 Å². The molecule has 0 radical (unpaired) electrons. The molecule has 1 amide bonds. The Hall–Kier alpha value is -1.53. The maximum atomic E-state index is 13.8. The van der Waals surface area contributed by atoms with Gasteiger partial charge in [0.2, 0.25) is 0 Å². The molecule has 1 aliphatic heterocycles. The number of aliphatic hydroxyl groups is 1. The summed E-state index contributed by atoms with van der Waals surface area (Å²) in [6.07, 6.45) is -0.472. The second-order valence-corrected chi connectivity index (χ2v) is 5.03. The van der Waals surface area contributed by atoms with E-state index in [9.17, 15) is 13.6 Å². The van der Waals surface area contributed by atoms with Crippen molar-refractivity contribution in [3.63, 3.8) is 0 Å². The van der Waals surface area contributed by atoms with E-state index in [2.05, 4.69) is 0 Å². The monoisotopic (exact) mass is 285 g/mol. The average Bonchev–Trinajstić information content (AvgIpc) is 2.42. The number of rotatable bonds is 2. The zero-order chi connectivity index (χ0) is 14.9. The largest absolute Gasteiger partial charge is 0.394 e. The number of halogens is 2. The van der Waals surface area contributed by atoms with Gasteiger partial charge in [-0.15, -0.1) is 0 Å². The van der Waals surface area contributed by atoms with Crippen LogP contribution in [0.2, 0.25) is 0 Å². The van der Waals surface area contributed by atoms with Gasteiger partial charge in [-0.25, -0.2) is 8.78 Å². The predicted octanol–water partition coefficient (Wildman–Crippen LogP) is 1.50. The Labute approximate surface area is 116 Å². The van der Waals surface area contributed by atoms with Gasteiger partial charge in [0, 0.05) is 12.6 Å². The van der Waals surface area contributed by atoms with Crippen LogP contribution in [0.5, 0.6) is 0 Å². The molecule has 1 aromatic carbocycles. The quantitative estimate of drug-likeness (QED) is 0.896. The third-order valence-corrected chi connectivity index (χ3v) is 3.45. The predicted molar refractivity (Wildman–Crippen MR) is 68.4 cm³/mol. The summed E-state index contributed by atoms with van der Waals surface area (Å²) in [5.74, 6) is -2.07. The normalized spacial score (nSPS) is 22.9. The zero-order valence-electron chi connectivity index (χ0n) is 11.4. The molecular weight excluding hydrogens is 268 g/mol. The first-order chi connectivity index (χ1) is 9.43.